The van der Waals surface area contributed by atoms with E-state index in [9.17, 15) is 4.79 Å². The second-order valence-electron chi connectivity index (χ2n) is 9.43. The Labute approximate surface area is 205 Å². The number of benzene rings is 1. The number of aromatic nitrogens is 6. The first-order valence-corrected chi connectivity index (χ1v) is 12.2. The number of amides is 1. The van der Waals surface area contributed by atoms with E-state index in [0.29, 0.717) is 16.2 Å². The normalized spacial score (nSPS) is 21.3. The number of hydrogen-bond donors (Lipinski definition) is 2. The fourth-order valence-corrected chi connectivity index (χ4v) is 5.48. The Bertz CT molecular complexity index is 1400. The number of fused-ring (bicyclic) bond motifs is 2. The Morgan fingerprint density at radius 3 is 2.88 bits per heavy atom. The summed E-state index contributed by atoms with van der Waals surface area (Å²) in [6.45, 7) is 3.97. The maximum absolute atomic E-state index is 12.3. The van der Waals surface area contributed by atoms with Crippen molar-refractivity contribution in [3.63, 3.8) is 0 Å². The van der Waals surface area contributed by atoms with Gasteiger partial charge < -0.3 is 11.1 Å². The van der Waals surface area contributed by atoms with Gasteiger partial charge >= 0.3 is 0 Å². The Morgan fingerprint density at radius 2 is 2.12 bits per heavy atom. The van der Waals surface area contributed by atoms with Gasteiger partial charge in [0.15, 0.2) is 5.65 Å². The first-order valence-electron chi connectivity index (χ1n) is 11.4. The first-order chi connectivity index (χ1) is 16.3. The molecule has 0 aliphatic heterocycles. The molecule has 3 atom stereocenters. The largest absolute Gasteiger partial charge is 0.359 e. The molecule has 176 valence electrons. The summed E-state index contributed by atoms with van der Waals surface area (Å²) in [4.78, 5) is 30.8. The van der Waals surface area contributed by atoms with E-state index in [4.69, 9.17) is 10.7 Å². The number of nitrogens with one attached hydrogen (secondary N) is 1. The van der Waals surface area contributed by atoms with Gasteiger partial charge in [-0.25, -0.2) is 14.6 Å². The molecule has 1 aliphatic rings. The zero-order chi connectivity index (χ0) is 24.0. The summed E-state index contributed by atoms with van der Waals surface area (Å²) in [7, 11) is 1.70. The van der Waals surface area contributed by atoms with Gasteiger partial charge in [0.05, 0.1) is 22.1 Å². The summed E-state index contributed by atoms with van der Waals surface area (Å²) in [6, 6.07) is 3.72. The van der Waals surface area contributed by atoms with Crippen molar-refractivity contribution in [2.75, 3.05) is 7.05 Å². The maximum atomic E-state index is 12.3. The molecule has 1 amide bonds. The van der Waals surface area contributed by atoms with Crippen LogP contribution in [0.4, 0.5) is 0 Å². The van der Waals surface area contributed by atoms with E-state index in [0.717, 1.165) is 59.2 Å². The lowest BCUT2D eigenvalue weighted by atomic mass is 9.86. The lowest BCUT2D eigenvalue weighted by Gasteiger charge is -2.21. The van der Waals surface area contributed by atoms with E-state index in [2.05, 4.69) is 41.3 Å². The number of hydrogen-bond acceptors (Lipinski definition) is 7. The lowest BCUT2D eigenvalue weighted by Crippen LogP contribution is -2.35. The molecule has 0 unspecified atom stereocenters. The van der Waals surface area contributed by atoms with Gasteiger partial charge in [-0.2, -0.15) is 5.10 Å². The van der Waals surface area contributed by atoms with Crippen molar-refractivity contribution < 1.29 is 4.79 Å². The topological polar surface area (TPSA) is 124 Å². The van der Waals surface area contributed by atoms with Crippen LogP contribution < -0.4 is 11.1 Å². The molecule has 3 heterocycles. The molecule has 9 nitrogen and oxygen atoms in total. The van der Waals surface area contributed by atoms with Crippen molar-refractivity contribution in [2.45, 2.75) is 45.6 Å². The van der Waals surface area contributed by atoms with Crippen LogP contribution in [0, 0.1) is 11.3 Å². The third-order valence-corrected chi connectivity index (χ3v) is 7.43. The Morgan fingerprint density at radius 1 is 1.32 bits per heavy atom. The highest BCUT2D eigenvalue weighted by molar-refractivity contribution is 9.10. The molecule has 1 aliphatic carbocycles. The molecule has 34 heavy (non-hydrogen) atoms. The van der Waals surface area contributed by atoms with Crippen molar-refractivity contribution in [1.29, 1.82) is 0 Å². The van der Waals surface area contributed by atoms with Gasteiger partial charge in [-0.15, -0.1) is 0 Å². The van der Waals surface area contributed by atoms with Crippen molar-refractivity contribution in [2.24, 2.45) is 17.1 Å². The summed E-state index contributed by atoms with van der Waals surface area (Å²) in [5, 5.41) is 8.32. The van der Waals surface area contributed by atoms with Crippen LogP contribution in [0.5, 0.6) is 0 Å². The third-order valence-electron chi connectivity index (χ3n) is 6.84. The fourth-order valence-electron chi connectivity index (χ4n) is 5.04. The van der Waals surface area contributed by atoms with Gasteiger partial charge in [0.1, 0.15) is 10.4 Å². The highest BCUT2D eigenvalue weighted by Gasteiger charge is 2.40. The number of nitrogens with two attached hydrogens (primary N) is 1. The van der Waals surface area contributed by atoms with Crippen molar-refractivity contribution >= 4 is 43.9 Å². The molecule has 0 saturated heterocycles. The first kappa shape index (κ1) is 22.8. The third kappa shape index (κ3) is 3.94. The number of carbonyl (C=O) groups excluding carboxylic acids is 1. The summed E-state index contributed by atoms with van der Waals surface area (Å²) in [5.41, 5.74) is 9.89. The molecule has 1 saturated carbocycles. The molecule has 0 radical (unpaired) electrons. The van der Waals surface area contributed by atoms with Crippen molar-refractivity contribution in [1.82, 2.24) is 35.0 Å². The molecular formula is C24H27BrN8O. The summed E-state index contributed by atoms with van der Waals surface area (Å²) in [6.07, 6.45) is 8.56. The molecule has 0 spiro atoms. The van der Waals surface area contributed by atoms with Crippen LogP contribution in [-0.2, 0) is 11.2 Å². The number of rotatable bonds is 5. The molecule has 3 aromatic heterocycles. The van der Waals surface area contributed by atoms with Crippen LogP contribution >= 0.6 is 15.9 Å². The average Bonchev–Trinajstić information content (AvgIpc) is 3.37. The molecular weight excluding hydrogens is 496 g/mol. The van der Waals surface area contributed by atoms with Gasteiger partial charge in [0, 0.05) is 43.5 Å². The quantitative estimate of drug-likeness (QED) is 0.409. The van der Waals surface area contributed by atoms with Gasteiger partial charge in [-0.05, 0) is 65.7 Å². The Hall–Kier alpha value is -2.98. The summed E-state index contributed by atoms with van der Waals surface area (Å²) < 4.78 is 2.47. The molecule has 1 fully saturated rings. The van der Waals surface area contributed by atoms with Crippen LogP contribution in [0.1, 0.15) is 50.5 Å². The molecule has 0 bridgehead atoms. The van der Waals surface area contributed by atoms with E-state index in [1.165, 1.54) is 0 Å². The fraction of sp³-hybridized carbons (Fsp3) is 0.417. The Kier molecular flexibility index (Phi) is 5.81. The van der Waals surface area contributed by atoms with E-state index in [1.54, 1.807) is 24.1 Å². The van der Waals surface area contributed by atoms with E-state index < -0.39 is 0 Å². The number of halogens is 1. The van der Waals surface area contributed by atoms with Crippen LogP contribution in [0.3, 0.4) is 0 Å². The number of nitrogens with zero attached hydrogens (tertiary/aromatic N) is 6. The summed E-state index contributed by atoms with van der Waals surface area (Å²) >= 11 is 3.55. The minimum atomic E-state index is -0.324. The number of carbonyl (C=O) groups is 1. The van der Waals surface area contributed by atoms with E-state index in [-0.39, 0.29) is 17.4 Å². The van der Waals surface area contributed by atoms with Gasteiger partial charge in [0.2, 0.25) is 5.91 Å². The predicted molar refractivity (Wildman–Crippen MR) is 133 cm³/mol. The molecule has 1 aromatic carbocycles. The highest BCUT2D eigenvalue weighted by Crippen LogP contribution is 2.42. The molecule has 4 aromatic rings. The van der Waals surface area contributed by atoms with Gasteiger partial charge in [0.25, 0.3) is 0 Å². The zero-order valence-electron chi connectivity index (χ0n) is 19.4. The highest BCUT2D eigenvalue weighted by atomic mass is 79.9. The smallest absolute Gasteiger partial charge is 0.225 e. The second-order valence-corrected chi connectivity index (χ2v) is 10.2. The van der Waals surface area contributed by atoms with Crippen LogP contribution in [0.25, 0.3) is 27.8 Å². The monoisotopic (exact) mass is 522 g/mol. The lowest BCUT2D eigenvalue weighted by molar-refractivity contribution is -0.129. The predicted octanol–water partition coefficient (Wildman–Crippen LogP) is 3.64. The van der Waals surface area contributed by atoms with Crippen LogP contribution in [0.15, 0.2) is 35.3 Å². The maximum Gasteiger partial charge on any atom is 0.225 e. The minimum absolute atomic E-state index is 0.109. The van der Waals surface area contributed by atoms with Crippen molar-refractivity contribution in [3.05, 3.63) is 46.7 Å². The SMILES string of the molecule is CNC(=O)[C@]1(C)CC[C@@H](Cc2ncc3c(Br)nn(-c4cc([C@@H](C)N)c5nccnc5c4)c3n2)C1. The van der Waals surface area contributed by atoms with E-state index >= 15 is 0 Å². The van der Waals surface area contributed by atoms with E-state index in [1.807, 2.05) is 32.2 Å². The van der Waals surface area contributed by atoms with Gasteiger partial charge in [-0.1, -0.05) is 6.92 Å². The second kappa shape index (κ2) is 8.66. The molecule has 5 rings (SSSR count). The minimum Gasteiger partial charge on any atom is -0.359 e. The molecule has 3 N–H and O–H groups in total. The summed E-state index contributed by atoms with van der Waals surface area (Å²) in [5.74, 6) is 1.22. The average molecular weight is 523 g/mol. The van der Waals surface area contributed by atoms with Gasteiger partial charge in [-0.3, -0.25) is 14.8 Å². The van der Waals surface area contributed by atoms with Crippen LogP contribution in [0.2, 0.25) is 0 Å². The Balaban J connectivity index is 1.53. The van der Waals surface area contributed by atoms with Crippen LogP contribution in [-0.4, -0.2) is 42.7 Å². The zero-order valence-corrected chi connectivity index (χ0v) is 21.0. The molecule has 10 heteroatoms. The standard InChI is InChI=1S/C24H27BrN8O/c1-13(26)16-9-15(10-18-20(16)29-7-6-28-18)33-22-17(21(25)32-33)12-30-19(31-22)8-14-4-5-24(2,11-14)23(34)27-3/h6-7,9-10,12-14H,4-5,8,11,26H2,1-3H3,(H,27,34)/t13-,14+,24-/m1/s1. The van der Waals surface area contributed by atoms with Crippen molar-refractivity contribution in [3.8, 4) is 5.69 Å².